The zero-order chi connectivity index (χ0) is 16.5. The summed E-state index contributed by atoms with van der Waals surface area (Å²) in [6, 6.07) is 16.7. The molecule has 0 aromatic heterocycles. The number of carbonyl (C=O) groups excluding carboxylic acids is 1. The molecule has 0 aliphatic heterocycles. The fraction of sp³-hybridized carbons (Fsp3) is 0.316. The maximum absolute atomic E-state index is 11.8. The first kappa shape index (κ1) is 20.2. The SMILES string of the molecule is COCCNCC(=O)NCc1cccc(-c2cccc(C)c2)c1.Cl. The lowest BCUT2D eigenvalue weighted by molar-refractivity contribution is -0.120. The van der Waals surface area contributed by atoms with E-state index in [1.54, 1.807) is 7.11 Å². The van der Waals surface area contributed by atoms with Crippen molar-refractivity contribution in [1.82, 2.24) is 10.6 Å². The molecule has 0 aliphatic carbocycles. The Hall–Kier alpha value is -1.88. The Morgan fingerprint density at radius 1 is 1.08 bits per heavy atom. The number of aryl methyl sites for hydroxylation is 1. The van der Waals surface area contributed by atoms with Crippen molar-refractivity contribution in [2.24, 2.45) is 0 Å². The average Bonchev–Trinajstić information content (AvgIpc) is 2.57. The predicted molar refractivity (Wildman–Crippen MR) is 100 cm³/mol. The maximum Gasteiger partial charge on any atom is 0.234 e. The second kappa shape index (κ2) is 10.8. The van der Waals surface area contributed by atoms with Crippen LogP contribution >= 0.6 is 12.4 Å². The Morgan fingerprint density at radius 3 is 2.50 bits per heavy atom. The van der Waals surface area contributed by atoms with Gasteiger partial charge in [-0.1, -0.05) is 48.0 Å². The number of amides is 1. The van der Waals surface area contributed by atoms with Gasteiger partial charge in [-0.25, -0.2) is 0 Å². The molecule has 0 saturated heterocycles. The number of rotatable bonds is 8. The average molecular weight is 349 g/mol. The van der Waals surface area contributed by atoms with E-state index in [1.165, 1.54) is 16.7 Å². The maximum atomic E-state index is 11.8. The van der Waals surface area contributed by atoms with Crippen LogP contribution in [0.15, 0.2) is 48.5 Å². The Bertz CT molecular complexity index is 647. The number of carbonyl (C=O) groups is 1. The monoisotopic (exact) mass is 348 g/mol. The Morgan fingerprint density at radius 2 is 1.79 bits per heavy atom. The van der Waals surface area contributed by atoms with Crippen LogP contribution in [0.1, 0.15) is 11.1 Å². The fourth-order valence-electron chi connectivity index (χ4n) is 2.32. The number of benzene rings is 2. The third kappa shape index (κ3) is 6.71. The van der Waals surface area contributed by atoms with Gasteiger partial charge < -0.3 is 15.4 Å². The molecule has 5 heteroatoms. The lowest BCUT2D eigenvalue weighted by atomic mass is 10.0. The van der Waals surface area contributed by atoms with Crippen LogP contribution in [-0.2, 0) is 16.1 Å². The van der Waals surface area contributed by atoms with Crippen LogP contribution in [0.2, 0.25) is 0 Å². The van der Waals surface area contributed by atoms with E-state index in [2.05, 4.69) is 54.0 Å². The van der Waals surface area contributed by atoms with Gasteiger partial charge in [0.05, 0.1) is 13.2 Å². The highest BCUT2D eigenvalue weighted by molar-refractivity contribution is 5.85. The molecule has 0 bridgehead atoms. The summed E-state index contributed by atoms with van der Waals surface area (Å²) in [7, 11) is 1.64. The standard InChI is InChI=1S/C19H24N2O2.ClH/c1-15-5-3-7-17(11-15)18-8-4-6-16(12-18)13-21-19(22)14-20-9-10-23-2;/h3-8,11-12,20H,9-10,13-14H2,1-2H3,(H,21,22);1H. The molecule has 0 fully saturated rings. The molecule has 0 spiro atoms. The summed E-state index contributed by atoms with van der Waals surface area (Å²) in [6.07, 6.45) is 0. The Labute approximate surface area is 150 Å². The molecule has 0 heterocycles. The number of halogens is 1. The van der Waals surface area contributed by atoms with Gasteiger partial charge in [-0.3, -0.25) is 4.79 Å². The zero-order valence-corrected chi connectivity index (χ0v) is 15.0. The van der Waals surface area contributed by atoms with Gasteiger partial charge in [0.1, 0.15) is 0 Å². The van der Waals surface area contributed by atoms with E-state index in [1.807, 2.05) is 12.1 Å². The van der Waals surface area contributed by atoms with Gasteiger partial charge in [-0.2, -0.15) is 0 Å². The molecule has 24 heavy (non-hydrogen) atoms. The predicted octanol–water partition coefficient (Wildman–Crippen LogP) is 2.94. The van der Waals surface area contributed by atoms with E-state index >= 15 is 0 Å². The van der Waals surface area contributed by atoms with Crippen molar-refractivity contribution in [2.75, 3.05) is 26.8 Å². The highest BCUT2D eigenvalue weighted by atomic mass is 35.5. The quantitative estimate of drug-likeness (QED) is 0.721. The highest BCUT2D eigenvalue weighted by Gasteiger charge is 2.03. The van der Waals surface area contributed by atoms with Crippen molar-refractivity contribution >= 4 is 18.3 Å². The fourth-order valence-corrected chi connectivity index (χ4v) is 2.32. The minimum absolute atomic E-state index is 0. The molecule has 130 valence electrons. The first-order valence-electron chi connectivity index (χ1n) is 7.81. The molecule has 0 aliphatic rings. The minimum Gasteiger partial charge on any atom is -0.383 e. The zero-order valence-electron chi connectivity index (χ0n) is 14.2. The summed E-state index contributed by atoms with van der Waals surface area (Å²) in [5.41, 5.74) is 4.69. The molecule has 0 atom stereocenters. The summed E-state index contributed by atoms with van der Waals surface area (Å²) in [5.74, 6) is -0.0120. The molecular weight excluding hydrogens is 324 g/mol. The molecule has 4 nitrogen and oxygen atoms in total. The molecule has 0 radical (unpaired) electrons. The van der Waals surface area contributed by atoms with Crippen molar-refractivity contribution in [2.45, 2.75) is 13.5 Å². The molecule has 2 N–H and O–H groups in total. The summed E-state index contributed by atoms with van der Waals surface area (Å²) in [4.78, 5) is 11.8. The van der Waals surface area contributed by atoms with Gasteiger partial charge in [0.15, 0.2) is 0 Å². The number of methoxy groups -OCH3 is 1. The smallest absolute Gasteiger partial charge is 0.234 e. The largest absolute Gasteiger partial charge is 0.383 e. The van der Waals surface area contributed by atoms with E-state index in [0.717, 1.165) is 5.56 Å². The van der Waals surface area contributed by atoms with Gasteiger partial charge in [-0.15, -0.1) is 12.4 Å². The molecule has 0 unspecified atom stereocenters. The molecule has 0 saturated carbocycles. The van der Waals surface area contributed by atoms with Crippen molar-refractivity contribution in [1.29, 1.82) is 0 Å². The van der Waals surface area contributed by atoms with Crippen LogP contribution in [-0.4, -0.2) is 32.7 Å². The van der Waals surface area contributed by atoms with Crippen LogP contribution in [0.5, 0.6) is 0 Å². The van der Waals surface area contributed by atoms with E-state index in [9.17, 15) is 4.79 Å². The van der Waals surface area contributed by atoms with Gasteiger partial charge in [0, 0.05) is 20.2 Å². The number of nitrogens with one attached hydrogen (secondary N) is 2. The molecular formula is C19H25ClN2O2. The third-order valence-electron chi connectivity index (χ3n) is 3.54. The van der Waals surface area contributed by atoms with Gasteiger partial charge in [-0.05, 0) is 29.7 Å². The summed E-state index contributed by atoms with van der Waals surface area (Å²) in [5, 5.41) is 5.95. The number of hydrogen-bond donors (Lipinski definition) is 2. The van der Waals surface area contributed by atoms with Crippen molar-refractivity contribution < 1.29 is 9.53 Å². The summed E-state index contributed by atoms with van der Waals surface area (Å²) < 4.78 is 4.92. The van der Waals surface area contributed by atoms with E-state index in [4.69, 9.17) is 4.74 Å². The third-order valence-corrected chi connectivity index (χ3v) is 3.54. The van der Waals surface area contributed by atoms with Gasteiger partial charge in [0.25, 0.3) is 0 Å². The van der Waals surface area contributed by atoms with Crippen LogP contribution in [0.25, 0.3) is 11.1 Å². The van der Waals surface area contributed by atoms with Crippen LogP contribution < -0.4 is 10.6 Å². The first-order chi connectivity index (χ1) is 11.2. The second-order valence-electron chi connectivity index (χ2n) is 5.52. The van der Waals surface area contributed by atoms with E-state index in [-0.39, 0.29) is 18.3 Å². The normalized spacial score (nSPS) is 10.1. The van der Waals surface area contributed by atoms with Crippen LogP contribution in [0.4, 0.5) is 0 Å². The highest BCUT2D eigenvalue weighted by Crippen LogP contribution is 2.21. The number of hydrogen-bond acceptors (Lipinski definition) is 3. The molecule has 2 rings (SSSR count). The first-order valence-corrected chi connectivity index (χ1v) is 7.81. The van der Waals surface area contributed by atoms with Gasteiger partial charge >= 0.3 is 0 Å². The van der Waals surface area contributed by atoms with E-state index in [0.29, 0.717) is 26.2 Å². The van der Waals surface area contributed by atoms with Crippen molar-refractivity contribution in [3.05, 3.63) is 59.7 Å². The van der Waals surface area contributed by atoms with Crippen LogP contribution in [0, 0.1) is 6.92 Å². The topological polar surface area (TPSA) is 50.4 Å². The van der Waals surface area contributed by atoms with Crippen molar-refractivity contribution in [3.63, 3.8) is 0 Å². The summed E-state index contributed by atoms with van der Waals surface area (Å²) in [6.45, 7) is 4.20. The molecule has 2 aromatic rings. The minimum atomic E-state index is -0.0120. The second-order valence-corrected chi connectivity index (χ2v) is 5.52. The molecule has 2 aromatic carbocycles. The van der Waals surface area contributed by atoms with Crippen molar-refractivity contribution in [3.8, 4) is 11.1 Å². The number of ether oxygens (including phenoxy) is 1. The lowest BCUT2D eigenvalue weighted by Gasteiger charge is -2.09. The lowest BCUT2D eigenvalue weighted by Crippen LogP contribution is -2.34. The van der Waals surface area contributed by atoms with Gasteiger partial charge in [0.2, 0.25) is 5.91 Å². The Balaban J connectivity index is 0.00000288. The molecule has 1 amide bonds. The van der Waals surface area contributed by atoms with E-state index < -0.39 is 0 Å². The summed E-state index contributed by atoms with van der Waals surface area (Å²) >= 11 is 0. The van der Waals surface area contributed by atoms with Crippen LogP contribution in [0.3, 0.4) is 0 Å². The Kier molecular flexibility index (Phi) is 9.08.